The molecule has 6 rings (SSSR count). The van der Waals surface area contributed by atoms with Crippen molar-refractivity contribution in [3.8, 4) is 11.1 Å². The Balaban J connectivity index is 1.06. The largest absolute Gasteiger partial charge is 0.341 e. The highest BCUT2D eigenvalue weighted by molar-refractivity contribution is 6.00. The number of benzene rings is 4. The Hall–Kier alpha value is -6.30. The van der Waals surface area contributed by atoms with Crippen LogP contribution in [0.2, 0.25) is 0 Å². The smallest absolute Gasteiger partial charge is 0.250 e. The van der Waals surface area contributed by atoms with Crippen LogP contribution < -0.4 is 21.3 Å². The molecular weight excluding hydrogens is 709 g/mol. The zero-order valence-corrected chi connectivity index (χ0v) is 31.7. The maximum absolute atomic E-state index is 13.8. The lowest BCUT2D eigenvalue weighted by Gasteiger charge is -2.29. The lowest BCUT2D eigenvalue weighted by Crippen LogP contribution is -2.48. The van der Waals surface area contributed by atoms with Crippen LogP contribution in [0.25, 0.3) is 11.1 Å². The fourth-order valence-electron chi connectivity index (χ4n) is 7.27. The third-order valence-electron chi connectivity index (χ3n) is 10.3. The van der Waals surface area contributed by atoms with Gasteiger partial charge in [0, 0.05) is 37.3 Å². The molecule has 2 heterocycles. The molecule has 4 aromatic carbocycles. The number of carbonyl (C=O) groups is 6. The van der Waals surface area contributed by atoms with Crippen LogP contribution in [-0.2, 0) is 28.8 Å². The van der Waals surface area contributed by atoms with Crippen molar-refractivity contribution in [1.82, 2.24) is 20.4 Å². The molecule has 290 valence electrons. The molecule has 0 bridgehead atoms. The standard InChI is InChI=1S/C44H48N6O6/c1-3-37(51)47-39(31-13-7-5-8-14-31)43(55)49-27-11-17-35(49)41(53)45-33-23-19-29(20-24-33)30-21-25-34(26-22-30)46-42(54)36-18-12-28-50(36)44(56)40(48-38(52)4-2)32-15-9-6-10-16-32/h5-10,13-16,19-26,35-36,39-40H,3-4,11-12,17-18,27-28H2,1-2H3,(H,45,53)(H,46,54)(H,47,51)(H,48,52)/t35-,36-,39+,40+/m0/s1. The molecule has 0 saturated carbocycles. The monoisotopic (exact) mass is 756 g/mol. The van der Waals surface area contributed by atoms with E-state index in [2.05, 4.69) is 21.3 Å². The molecule has 2 aliphatic rings. The van der Waals surface area contributed by atoms with Crippen LogP contribution >= 0.6 is 0 Å². The van der Waals surface area contributed by atoms with Crippen molar-refractivity contribution >= 4 is 46.8 Å². The molecule has 0 aliphatic carbocycles. The summed E-state index contributed by atoms with van der Waals surface area (Å²) in [5.41, 5.74) is 4.28. The third-order valence-corrected chi connectivity index (χ3v) is 10.3. The summed E-state index contributed by atoms with van der Waals surface area (Å²) >= 11 is 0. The Labute approximate surface area is 327 Å². The zero-order chi connectivity index (χ0) is 39.6. The molecule has 2 aliphatic heterocycles. The second-order valence-electron chi connectivity index (χ2n) is 14.0. The van der Waals surface area contributed by atoms with Crippen molar-refractivity contribution in [2.45, 2.75) is 76.5 Å². The first kappa shape index (κ1) is 39.4. The summed E-state index contributed by atoms with van der Waals surface area (Å²) in [7, 11) is 0. The van der Waals surface area contributed by atoms with Crippen LogP contribution in [0.1, 0.15) is 75.6 Å². The lowest BCUT2D eigenvalue weighted by molar-refractivity contribution is -0.140. The molecule has 0 radical (unpaired) electrons. The second-order valence-corrected chi connectivity index (χ2v) is 14.0. The van der Waals surface area contributed by atoms with Gasteiger partial charge in [0.25, 0.3) is 0 Å². The van der Waals surface area contributed by atoms with E-state index in [0.29, 0.717) is 61.3 Å². The minimum Gasteiger partial charge on any atom is -0.341 e. The van der Waals surface area contributed by atoms with E-state index in [-0.39, 0.29) is 48.3 Å². The normalized spacial score (nSPS) is 17.4. The second kappa shape index (κ2) is 18.4. The predicted octanol–water partition coefficient (Wildman–Crippen LogP) is 5.75. The van der Waals surface area contributed by atoms with Gasteiger partial charge in [0.2, 0.25) is 35.4 Å². The number of hydrogen-bond acceptors (Lipinski definition) is 6. The molecule has 4 atom stereocenters. The highest BCUT2D eigenvalue weighted by atomic mass is 16.2. The van der Waals surface area contributed by atoms with Gasteiger partial charge in [0.05, 0.1) is 0 Å². The van der Waals surface area contributed by atoms with E-state index in [1.54, 1.807) is 72.2 Å². The molecule has 4 N–H and O–H groups in total. The van der Waals surface area contributed by atoms with Crippen LogP contribution in [0.15, 0.2) is 109 Å². The number of nitrogens with one attached hydrogen (secondary N) is 4. The zero-order valence-electron chi connectivity index (χ0n) is 31.7. The Bertz CT molecular complexity index is 1880. The summed E-state index contributed by atoms with van der Waals surface area (Å²) in [5.74, 6) is -1.70. The molecule has 56 heavy (non-hydrogen) atoms. The number of nitrogens with zero attached hydrogens (tertiary/aromatic N) is 2. The average molecular weight is 757 g/mol. The summed E-state index contributed by atoms with van der Waals surface area (Å²) in [4.78, 5) is 82.3. The Morgan fingerprint density at radius 3 is 1.23 bits per heavy atom. The van der Waals surface area contributed by atoms with E-state index in [0.717, 1.165) is 11.1 Å². The lowest BCUT2D eigenvalue weighted by atomic mass is 10.0. The molecule has 6 amide bonds. The molecule has 0 spiro atoms. The molecule has 12 heteroatoms. The maximum Gasteiger partial charge on any atom is 0.250 e. The van der Waals surface area contributed by atoms with E-state index < -0.39 is 24.2 Å². The van der Waals surface area contributed by atoms with Gasteiger partial charge in [-0.15, -0.1) is 0 Å². The number of rotatable bonds is 13. The molecule has 0 aromatic heterocycles. The van der Waals surface area contributed by atoms with Crippen molar-refractivity contribution < 1.29 is 28.8 Å². The summed E-state index contributed by atoms with van der Waals surface area (Å²) in [6.07, 6.45) is 2.85. The van der Waals surface area contributed by atoms with Crippen LogP contribution in [-0.4, -0.2) is 70.4 Å². The van der Waals surface area contributed by atoms with Crippen LogP contribution in [0.4, 0.5) is 11.4 Å². The van der Waals surface area contributed by atoms with E-state index in [1.165, 1.54) is 0 Å². The van der Waals surface area contributed by atoms with Crippen LogP contribution in [0.5, 0.6) is 0 Å². The topological polar surface area (TPSA) is 157 Å². The van der Waals surface area contributed by atoms with Gasteiger partial charge in [0.15, 0.2) is 0 Å². The van der Waals surface area contributed by atoms with E-state index in [1.807, 2.05) is 60.7 Å². The van der Waals surface area contributed by atoms with Crippen molar-refractivity contribution in [2.75, 3.05) is 23.7 Å². The quantitative estimate of drug-likeness (QED) is 0.136. The van der Waals surface area contributed by atoms with Gasteiger partial charge in [-0.2, -0.15) is 0 Å². The minimum atomic E-state index is -0.878. The Morgan fingerprint density at radius 1 is 0.536 bits per heavy atom. The Morgan fingerprint density at radius 2 is 0.893 bits per heavy atom. The van der Waals surface area contributed by atoms with E-state index in [9.17, 15) is 28.8 Å². The van der Waals surface area contributed by atoms with Crippen molar-refractivity contribution in [1.29, 1.82) is 0 Å². The predicted molar refractivity (Wildman–Crippen MR) is 214 cm³/mol. The van der Waals surface area contributed by atoms with Crippen molar-refractivity contribution in [3.05, 3.63) is 120 Å². The summed E-state index contributed by atoms with van der Waals surface area (Å²) in [6, 6.07) is 29.8. The first-order valence-corrected chi connectivity index (χ1v) is 19.3. The van der Waals surface area contributed by atoms with Crippen LogP contribution in [0, 0.1) is 0 Å². The summed E-state index contributed by atoms with van der Waals surface area (Å²) in [6.45, 7) is 4.29. The number of hydrogen-bond donors (Lipinski definition) is 4. The minimum absolute atomic E-state index is 0.235. The number of amides is 6. The van der Waals surface area contributed by atoms with E-state index in [4.69, 9.17) is 0 Å². The Kier molecular flexibility index (Phi) is 12.9. The first-order chi connectivity index (χ1) is 27.2. The van der Waals surface area contributed by atoms with Gasteiger partial charge in [-0.1, -0.05) is 98.8 Å². The molecule has 2 saturated heterocycles. The van der Waals surface area contributed by atoms with Gasteiger partial charge in [-0.25, -0.2) is 0 Å². The van der Waals surface area contributed by atoms with Gasteiger partial charge in [0.1, 0.15) is 24.2 Å². The van der Waals surface area contributed by atoms with E-state index >= 15 is 0 Å². The maximum atomic E-state index is 13.8. The van der Waals surface area contributed by atoms with Crippen LogP contribution in [0.3, 0.4) is 0 Å². The molecule has 0 unspecified atom stereocenters. The van der Waals surface area contributed by atoms with Crippen molar-refractivity contribution in [3.63, 3.8) is 0 Å². The summed E-state index contributed by atoms with van der Waals surface area (Å²) < 4.78 is 0. The molecular formula is C44H48N6O6. The van der Waals surface area contributed by atoms with Gasteiger partial charge in [-0.3, -0.25) is 28.8 Å². The molecule has 2 fully saturated rings. The molecule has 12 nitrogen and oxygen atoms in total. The fraction of sp³-hybridized carbons (Fsp3) is 0.318. The van der Waals surface area contributed by atoms with Gasteiger partial charge >= 0.3 is 0 Å². The average Bonchev–Trinajstić information content (AvgIpc) is 3.94. The highest BCUT2D eigenvalue weighted by Crippen LogP contribution is 2.28. The fourth-order valence-corrected chi connectivity index (χ4v) is 7.27. The van der Waals surface area contributed by atoms with Gasteiger partial charge < -0.3 is 31.1 Å². The first-order valence-electron chi connectivity index (χ1n) is 19.3. The number of anilines is 2. The van der Waals surface area contributed by atoms with Gasteiger partial charge in [-0.05, 0) is 72.2 Å². The number of carbonyl (C=O) groups excluding carboxylic acids is 6. The highest BCUT2D eigenvalue weighted by Gasteiger charge is 2.39. The summed E-state index contributed by atoms with van der Waals surface area (Å²) in [5, 5.41) is 11.6. The SMILES string of the molecule is CCC(=O)N[C@@H](C(=O)N1CCC[C@H]1C(=O)Nc1ccc(-c2ccc(NC(=O)[C@@H]3CCCN3C(=O)[C@H](NC(=O)CC)c3ccccc3)cc2)cc1)c1ccccc1. The third kappa shape index (κ3) is 9.31. The number of likely N-dealkylation sites (tertiary alicyclic amines) is 2. The molecule has 4 aromatic rings. The van der Waals surface area contributed by atoms with Crippen molar-refractivity contribution in [2.24, 2.45) is 0 Å².